The van der Waals surface area contributed by atoms with E-state index in [4.69, 9.17) is 9.47 Å². The van der Waals surface area contributed by atoms with Gasteiger partial charge < -0.3 is 9.47 Å². The largest absolute Gasteiger partial charge is 0.497 e. The van der Waals surface area contributed by atoms with Crippen molar-refractivity contribution in [1.29, 1.82) is 0 Å². The molecule has 0 fully saturated rings. The van der Waals surface area contributed by atoms with Gasteiger partial charge in [0.15, 0.2) is 6.10 Å². The zero-order valence-corrected chi connectivity index (χ0v) is 15.2. The molecule has 0 aliphatic heterocycles. The lowest BCUT2D eigenvalue weighted by Gasteiger charge is -2.12. The maximum absolute atomic E-state index is 12.4. The third-order valence-corrected chi connectivity index (χ3v) is 4.08. The molecule has 1 atom stereocenters. The maximum Gasteiger partial charge on any atom is 0.342 e. The Balaban J connectivity index is 1.61. The van der Waals surface area contributed by atoms with Gasteiger partial charge in [-0.3, -0.25) is 9.48 Å². The topological polar surface area (TPSA) is 70.4 Å². The minimum atomic E-state index is -0.900. The van der Waals surface area contributed by atoms with Crippen molar-refractivity contribution >= 4 is 11.8 Å². The van der Waals surface area contributed by atoms with Crippen molar-refractivity contribution in [1.82, 2.24) is 9.78 Å². The fourth-order valence-electron chi connectivity index (χ4n) is 2.60. The molecule has 6 heteroatoms. The van der Waals surface area contributed by atoms with E-state index in [2.05, 4.69) is 5.10 Å². The van der Waals surface area contributed by atoms with Crippen LogP contribution >= 0.6 is 0 Å². The predicted octanol–water partition coefficient (Wildman–Crippen LogP) is 3.37. The number of ether oxygens (including phenoxy) is 2. The number of carbonyl (C=O) groups is 2. The van der Waals surface area contributed by atoms with Gasteiger partial charge in [-0.1, -0.05) is 30.3 Å². The molecule has 0 bridgehead atoms. The van der Waals surface area contributed by atoms with Crippen molar-refractivity contribution in [2.75, 3.05) is 7.11 Å². The predicted molar refractivity (Wildman–Crippen MR) is 100.0 cm³/mol. The van der Waals surface area contributed by atoms with Crippen LogP contribution in [0, 0.1) is 0 Å². The summed E-state index contributed by atoms with van der Waals surface area (Å²) in [6, 6.07) is 16.5. The summed E-state index contributed by atoms with van der Waals surface area (Å²) >= 11 is 0. The minimum Gasteiger partial charge on any atom is -0.497 e. The summed E-state index contributed by atoms with van der Waals surface area (Å²) in [5.74, 6) is -0.201. The van der Waals surface area contributed by atoms with Crippen LogP contribution in [0.3, 0.4) is 0 Å². The van der Waals surface area contributed by atoms with Crippen LogP contribution in [-0.4, -0.2) is 34.7 Å². The minimum absolute atomic E-state index is 0.275. The number of methoxy groups -OCH3 is 1. The molecule has 1 aromatic heterocycles. The molecule has 1 heterocycles. The maximum atomic E-state index is 12.4. The summed E-state index contributed by atoms with van der Waals surface area (Å²) in [5, 5.41) is 4.18. The van der Waals surface area contributed by atoms with Crippen molar-refractivity contribution < 1.29 is 19.1 Å². The lowest BCUT2D eigenvalue weighted by atomic mass is 10.1. The van der Waals surface area contributed by atoms with E-state index in [1.807, 2.05) is 30.3 Å². The van der Waals surface area contributed by atoms with E-state index in [1.54, 1.807) is 49.2 Å². The Labute approximate surface area is 157 Å². The van der Waals surface area contributed by atoms with Crippen molar-refractivity contribution in [2.45, 2.75) is 19.6 Å². The molecule has 3 aromatic rings. The number of hydrogen-bond acceptors (Lipinski definition) is 5. The van der Waals surface area contributed by atoms with Gasteiger partial charge in [-0.2, -0.15) is 5.10 Å². The molecular weight excluding hydrogens is 344 g/mol. The molecule has 1 unspecified atom stereocenters. The molecule has 2 aromatic carbocycles. The van der Waals surface area contributed by atoms with E-state index < -0.39 is 12.1 Å². The molecule has 0 saturated heterocycles. The van der Waals surface area contributed by atoms with Crippen LogP contribution in [0.5, 0.6) is 5.75 Å². The van der Waals surface area contributed by atoms with Crippen LogP contribution in [0.4, 0.5) is 0 Å². The number of nitrogens with zero attached hydrogens (tertiary/aromatic N) is 2. The first kappa shape index (κ1) is 18.4. The van der Waals surface area contributed by atoms with Gasteiger partial charge in [-0.25, -0.2) is 4.79 Å². The standard InChI is InChI=1S/C21H20N2O4/c1-15(20(24)17-8-10-19(26-2)11-9-17)27-21(25)18-12-22-23(14-18)13-16-6-4-3-5-7-16/h3-12,14-15H,13H2,1-2H3. The van der Waals surface area contributed by atoms with Gasteiger partial charge in [0.05, 0.1) is 25.4 Å². The third-order valence-electron chi connectivity index (χ3n) is 4.08. The monoisotopic (exact) mass is 364 g/mol. The average Bonchev–Trinajstić information content (AvgIpc) is 3.17. The van der Waals surface area contributed by atoms with Gasteiger partial charge in [0.1, 0.15) is 5.75 Å². The normalized spacial score (nSPS) is 11.6. The second kappa shape index (κ2) is 8.31. The number of hydrogen-bond donors (Lipinski definition) is 0. The summed E-state index contributed by atoms with van der Waals surface area (Å²) in [6.07, 6.45) is 2.15. The van der Waals surface area contributed by atoms with Crippen LogP contribution < -0.4 is 4.74 Å². The van der Waals surface area contributed by atoms with Gasteiger partial charge >= 0.3 is 5.97 Å². The fraction of sp³-hybridized carbons (Fsp3) is 0.190. The molecular formula is C21H20N2O4. The smallest absolute Gasteiger partial charge is 0.342 e. The summed E-state index contributed by atoms with van der Waals surface area (Å²) in [5.41, 5.74) is 1.83. The zero-order valence-electron chi connectivity index (χ0n) is 15.2. The second-order valence-electron chi connectivity index (χ2n) is 6.05. The van der Waals surface area contributed by atoms with E-state index in [0.717, 1.165) is 5.56 Å². The quantitative estimate of drug-likeness (QED) is 0.475. The van der Waals surface area contributed by atoms with Crippen LogP contribution in [0.1, 0.15) is 33.2 Å². The van der Waals surface area contributed by atoms with E-state index in [9.17, 15) is 9.59 Å². The highest BCUT2D eigenvalue weighted by atomic mass is 16.5. The molecule has 3 rings (SSSR count). The number of carbonyl (C=O) groups excluding carboxylic acids is 2. The molecule has 0 aliphatic rings. The lowest BCUT2D eigenvalue weighted by Crippen LogP contribution is -2.24. The number of Topliss-reactive ketones (excluding diaryl/α,β-unsaturated/α-hetero) is 1. The number of aromatic nitrogens is 2. The van der Waals surface area contributed by atoms with Crippen molar-refractivity contribution in [2.24, 2.45) is 0 Å². The lowest BCUT2D eigenvalue weighted by molar-refractivity contribution is 0.0318. The Morgan fingerprint density at radius 1 is 1.04 bits per heavy atom. The summed E-state index contributed by atoms with van der Waals surface area (Å²) in [4.78, 5) is 24.7. The molecule has 6 nitrogen and oxygen atoms in total. The van der Waals surface area contributed by atoms with Crippen LogP contribution in [0.15, 0.2) is 67.0 Å². The average molecular weight is 364 g/mol. The number of ketones is 1. The fourth-order valence-corrected chi connectivity index (χ4v) is 2.60. The molecule has 0 radical (unpaired) electrons. The van der Waals surface area contributed by atoms with Gasteiger partial charge in [-0.15, -0.1) is 0 Å². The van der Waals surface area contributed by atoms with E-state index in [-0.39, 0.29) is 5.78 Å². The molecule has 0 aliphatic carbocycles. The Kier molecular flexibility index (Phi) is 5.66. The van der Waals surface area contributed by atoms with Crippen LogP contribution in [0.25, 0.3) is 0 Å². The van der Waals surface area contributed by atoms with Gasteiger partial charge in [0, 0.05) is 11.8 Å². The Hall–Kier alpha value is -3.41. The van der Waals surface area contributed by atoms with E-state index in [0.29, 0.717) is 23.4 Å². The molecule has 0 amide bonds. The third kappa shape index (κ3) is 4.61. The first-order valence-corrected chi connectivity index (χ1v) is 8.52. The Morgan fingerprint density at radius 3 is 2.41 bits per heavy atom. The van der Waals surface area contributed by atoms with Crippen molar-refractivity contribution in [3.63, 3.8) is 0 Å². The molecule has 27 heavy (non-hydrogen) atoms. The van der Waals surface area contributed by atoms with E-state index in [1.165, 1.54) is 6.20 Å². The molecule has 138 valence electrons. The molecule has 0 N–H and O–H groups in total. The van der Waals surface area contributed by atoms with Gasteiger partial charge in [0.2, 0.25) is 5.78 Å². The highest BCUT2D eigenvalue weighted by Crippen LogP contribution is 2.15. The highest BCUT2D eigenvalue weighted by Gasteiger charge is 2.21. The first-order chi connectivity index (χ1) is 13.1. The summed E-state index contributed by atoms with van der Waals surface area (Å²) < 4.78 is 12.0. The SMILES string of the molecule is COc1ccc(C(=O)C(C)OC(=O)c2cnn(Cc3ccccc3)c2)cc1. The van der Waals surface area contributed by atoms with Gasteiger partial charge in [0.25, 0.3) is 0 Å². The van der Waals surface area contributed by atoms with Gasteiger partial charge in [-0.05, 0) is 36.8 Å². The molecule has 0 spiro atoms. The van der Waals surface area contributed by atoms with Crippen molar-refractivity contribution in [3.05, 3.63) is 83.7 Å². The number of benzene rings is 2. The number of rotatable bonds is 7. The Morgan fingerprint density at radius 2 is 1.74 bits per heavy atom. The first-order valence-electron chi connectivity index (χ1n) is 8.52. The summed E-state index contributed by atoms with van der Waals surface area (Å²) in [6.45, 7) is 2.10. The Bertz CT molecular complexity index is 917. The van der Waals surface area contributed by atoms with Crippen LogP contribution in [-0.2, 0) is 11.3 Å². The van der Waals surface area contributed by atoms with Crippen molar-refractivity contribution in [3.8, 4) is 5.75 Å². The zero-order chi connectivity index (χ0) is 19.2. The van der Waals surface area contributed by atoms with E-state index >= 15 is 0 Å². The number of esters is 1. The highest BCUT2D eigenvalue weighted by molar-refractivity contribution is 6.01. The van der Waals surface area contributed by atoms with Crippen LogP contribution in [0.2, 0.25) is 0 Å². The summed E-state index contributed by atoms with van der Waals surface area (Å²) in [7, 11) is 1.55. The molecule has 0 saturated carbocycles. The second-order valence-corrected chi connectivity index (χ2v) is 6.05.